The number of hydrogen-bond acceptors (Lipinski definition) is 6. The van der Waals surface area contributed by atoms with E-state index in [0.717, 1.165) is 6.54 Å². The normalized spacial score (nSPS) is 21.6. The van der Waals surface area contributed by atoms with Crippen LogP contribution in [0.1, 0.15) is 48.4 Å². The Bertz CT molecular complexity index is 941. The lowest BCUT2D eigenvalue weighted by molar-refractivity contribution is -0.128. The Morgan fingerprint density at radius 3 is 2.64 bits per heavy atom. The molecule has 0 atom stereocenters. The van der Waals surface area contributed by atoms with E-state index in [-0.39, 0.29) is 17.2 Å². The van der Waals surface area contributed by atoms with Crippen LogP contribution in [0.25, 0.3) is 11.1 Å². The van der Waals surface area contributed by atoms with Crippen molar-refractivity contribution in [3.8, 4) is 0 Å². The van der Waals surface area contributed by atoms with Crippen LogP contribution < -0.4 is 10.6 Å². The van der Waals surface area contributed by atoms with Crippen LogP contribution in [0.4, 0.5) is 0 Å². The van der Waals surface area contributed by atoms with E-state index in [1.54, 1.807) is 6.07 Å². The molecule has 2 N–H and O–H groups in total. The van der Waals surface area contributed by atoms with Crippen LogP contribution in [0.15, 0.2) is 10.6 Å². The zero-order valence-electron chi connectivity index (χ0n) is 16.9. The third kappa shape index (κ3) is 3.15. The van der Waals surface area contributed by atoms with Gasteiger partial charge in [0.05, 0.1) is 16.6 Å². The predicted molar refractivity (Wildman–Crippen MR) is 104 cm³/mol. The average molecular weight is 385 g/mol. The fourth-order valence-corrected chi connectivity index (χ4v) is 4.09. The van der Waals surface area contributed by atoms with Gasteiger partial charge < -0.3 is 20.1 Å². The second-order valence-electron chi connectivity index (χ2n) is 8.83. The molecule has 2 aliphatic rings. The van der Waals surface area contributed by atoms with E-state index in [9.17, 15) is 9.59 Å². The molecule has 2 aromatic rings. The standard InChI is InChI=1S/C20H27N5O3/c1-12-9-14(15-13(2)24-28-16(15)23-12)17(26)25-7-5-20(6-8-25)18(27)21-10-19(3,4)11-22-20/h9,22H,5-8,10-11H2,1-4H3,(H,21,27). The Morgan fingerprint density at radius 2 is 1.93 bits per heavy atom. The Hall–Kier alpha value is -2.48. The summed E-state index contributed by atoms with van der Waals surface area (Å²) in [6, 6.07) is 1.79. The van der Waals surface area contributed by atoms with Crippen LogP contribution in [0.3, 0.4) is 0 Å². The molecule has 0 aliphatic carbocycles. The number of hydrogen-bond donors (Lipinski definition) is 2. The van der Waals surface area contributed by atoms with Gasteiger partial charge in [0.25, 0.3) is 11.6 Å². The van der Waals surface area contributed by atoms with Gasteiger partial charge >= 0.3 is 0 Å². The van der Waals surface area contributed by atoms with Crippen molar-refractivity contribution in [2.75, 3.05) is 26.2 Å². The zero-order valence-corrected chi connectivity index (χ0v) is 16.9. The molecule has 2 aromatic heterocycles. The lowest BCUT2D eigenvalue weighted by Gasteiger charge is -2.40. The quantitative estimate of drug-likeness (QED) is 0.773. The molecular weight excluding hydrogens is 358 g/mol. The summed E-state index contributed by atoms with van der Waals surface area (Å²) in [5, 5.41) is 11.2. The van der Waals surface area contributed by atoms with Crippen molar-refractivity contribution in [1.82, 2.24) is 25.7 Å². The summed E-state index contributed by atoms with van der Waals surface area (Å²) in [7, 11) is 0. The fourth-order valence-electron chi connectivity index (χ4n) is 4.09. The fraction of sp³-hybridized carbons (Fsp3) is 0.600. The second-order valence-corrected chi connectivity index (χ2v) is 8.83. The molecule has 8 heteroatoms. The Balaban J connectivity index is 1.55. The third-order valence-corrected chi connectivity index (χ3v) is 5.95. The topological polar surface area (TPSA) is 100 Å². The van der Waals surface area contributed by atoms with Crippen LogP contribution in [0.2, 0.25) is 0 Å². The minimum absolute atomic E-state index is 0.0120. The number of carbonyl (C=O) groups excluding carboxylic acids is 2. The molecule has 0 bridgehead atoms. The highest BCUT2D eigenvalue weighted by molar-refractivity contribution is 6.06. The van der Waals surface area contributed by atoms with Crippen molar-refractivity contribution in [3.63, 3.8) is 0 Å². The second kappa shape index (κ2) is 6.55. The van der Waals surface area contributed by atoms with Crippen LogP contribution in [-0.2, 0) is 4.79 Å². The van der Waals surface area contributed by atoms with E-state index in [1.807, 2.05) is 18.7 Å². The molecule has 0 saturated carbocycles. The predicted octanol–water partition coefficient (Wildman–Crippen LogP) is 1.56. The van der Waals surface area contributed by atoms with E-state index in [2.05, 4.69) is 34.6 Å². The Kier molecular flexibility index (Phi) is 4.41. The number of carbonyl (C=O) groups is 2. The van der Waals surface area contributed by atoms with E-state index in [4.69, 9.17) is 4.52 Å². The summed E-state index contributed by atoms with van der Waals surface area (Å²) in [6.45, 7) is 10.4. The van der Waals surface area contributed by atoms with Crippen molar-refractivity contribution in [3.05, 3.63) is 23.0 Å². The van der Waals surface area contributed by atoms with Crippen LogP contribution in [0.5, 0.6) is 0 Å². The summed E-state index contributed by atoms with van der Waals surface area (Å²) in [5.74, 6) is -0.0202. The number of pyridine rings is 1. The number of fused-ring (bicyclic) bond motifs is 1. The average Bonchev–Trinajstić information content (AvgIpc) is 2.99. The molecule has 150 valence electrons. The van der Waals surface area contributed by atoms with E-state index in [0.29, 0.717) is 60.5 Å². The minimum Gasteiger partial charge on any atom is -0.354 e. The van der Waals surface area contributed by atoms with Gasteiger partial charge in [0.15, 0.2) is 0 Å². The maximum atomic E-state index is 13.2. The Morgan fingerprint density at radius 1 is 1.21 bits per heavy atom. The molecular formula is C20H27N5O3. The summed E-state index contributed by atoms with van der Waals surface area (Å²) in [5.41, 5.74) is 1.75. The van der Waals surface area contributed by atoms with Gasteiger partial charge in [0.2, 0.25) is 5.91 Å². The van der Waals surface area contributed by atoms with Crippen molar-refractivity contribution in [2.24, 2.45) is 5.41 Å². The summed E-state index contributed by atoms with van der Waals surface area (Å²) < 4.78 is 5.25. The highest BCUT2D eigenvalue weighted by Gasteiger charge is 2.45. The number of aryl methyl sites for hydroxylation is 2. The molecule has 4 heterocycles. The highest BCUT2D eigenvalue weighted by atomic mass is 16.5. The molecule has 1 spiro atoms. The van der Waals surface area contributed by atoms with Gasteiger partial charge in [-0.15, -0.1) is 0 Å². The molecule has 0 radical (unpaired) electrons. The SMILES string of the molecule is Cc1cc(C(=O)N2CCC3(CC2)NCC(C)(C)CNC3=O)c2c(C)noc2n1. The van der Waals surface area contributed by atoms with Gasteiger partial charge in [-0.25, -0.2) is 4.98 Å². The number of amides is 2. The van der Waals surface area contributed by atoms with Crippen molar-refractivity contribution in [2.45, 2.75) is 46.1 Å². The van der Waals surface area contributed by atoms with Gasteiger partial charge in [0, 0.05) is 31.9 Å². The van der Waals surface area contributed by atoms with Gasteiger partial charge in [0.1, 0.15) is 5.54 Å². The van der Waals surface area contributed by atoms with E-state index < -0.39 is 5.54 Å². The van der Waals surface area contributed by atoms with Gasteiger partial charge in [-0.05, 0) is 38.2 Å². The molecule has 2 aliphatic heterocycles. The molecule has 0 unspecified atom stereocenters. The molecule has 2 amide bonds. The number of nitrogens with zero attached hydrogens (tertiary/aromatic N) is 3. The third-order valence-electron chi connectivity index (χ3n) is 5.95. The molecule has 28 heavy (non-hydrogen) atoms. The van der Waals surface area contributed by atoms with Gasteiger partial charge in [-0.3, -0.25) is 9.59 Å². The van der Waals surface area contributed by atoms with Crippen LogP contribution in [-0.4, -0.2) is 58.6 Å². The number of likely N-dealkylation sites (tertiary alicyclic amines) is 1. The molecule has 2 saturated heterocycles. The number of piperidine rings is 1. The monoisotopic (exact) mass is 385 g/mol. The van der Waals surface area contributed by atoms with Crippen molar-refractivity contribution < 1.29 is 14.1 Å². The largest absolute Gasteiger partial charge is 0.354 e. The maximum Gasteiger partial charge on any atom is 0.258 e. The van der Waals surface area contributed by atoms with E-state index >= 15 is 0 Å². The first kappa shape index (κ1) is 18.9. The summed E-state index contributed by atoms with van der Waals surface area (Å²) in [4.78, 5) is 32.1. The lowest BCUT2D eigenvalue weighted by atomic mass is 9.85. The first-order valence-corrected chi connectivity index (χ1v) is 9.77. The lowest BCUT2D eigenvalue weighted by Crippen LogP contribution is -2.61. The highest BCUT2D eigenvalue weighted by Crippen LogP contribution is 2.29. The maximum absolute atomic E-state index is 13.2. The van der Waals surface area contributed by atoms with Crippen molar-refractivity contribution >= 4 is 22.9 Å². The molecule has 8 nitrogen and oxygen atoms in total. The zero-order chi connectivity index (χ0) is 20.1. The number of nitrogens with one attached hydrogen (secondary N) is 2. The van der Waals surface area contributed by atoms with E-state index in [1.165, 1.54) is 0 Å². The minimum atomic E-state index is -0.596. The van der Waals surface area contributed by atoms with Crippen molar-refractivity contribution in [1.29, 1.82) is 0 Å². The number of aromatic nitrogens is 2. The van der Waals surface area contributed by atoms with Crippen LogP contribution >= 0.6 is 0 Å². The first-order chi connectivity index (χ1) is 13.2. The summed E-state index contributed by atoms with van der Waals surface area (Å²) in [6.07, 6.45) is 1.19. The first-order valence-electron chi connectivity index (χ1n) is 9.77. The number of rotatable bonds is 1. The van der Waals surface area contributed by atoms with Crippen LogP contribution in [0, 0.1) is 19.3 Å². The molecule has 0 aromatic carbocycles. The smallest absolute Gasteiger partial charge is 0.258 e. The van der Waals surface area contributed by atoms with Gasteiger partial charge in [-0.1, -0.05) is 19.0 Å². The molecule has 2 fully saturated rings. The molecule has 4 rings (SSSR count). The summed E-state index contributed by atoms with van der Waals surface area (Å²) >= 11 is 0. The van der Waals surface area contributed by atoms with Gasteiger partial charge in [-0.2, -0.15) is 0 Å². The Labute approximate surface area is 164 Å².